The molecule has 2 heterocycles. The molecular formula is C23H27N3O4. The second-order valence-electron chi connectivity index (χ2n) is 7.60. The molecule has 1 saturated heterocycles. The number of hydrogen-bond donors (Lipinski definition) is 2. The molecule has 1 fully saturated rings. The number of nitrogens with one attached hydrogen (secondary N) is 2. The van der Waals surface area contributed by atoms with Gasteiger partial charge in [-0.2, -0.15) is 0 Å². The molecule has 7 heteroatoms. The van der Waals surface area contributed by atoms with Crippen molar-refractivity contribution in [1.82, 2.24) is 10.2 Å². The fourth-order valence-corrected chi connectivity index (χ4v) is 3.37. The number of piperidine rings is 1. The second-order valence-corrected chi connectivity index (χ2v) is 7.60. The molecule has 1 aromatic heterocycles. The van der Waals surface area contributed by atoms with Crippen molar-refractivity contribution in [2.24, 2.45) is 5.92 Å². The van der Waals surface area contributed by atoms with Crippen LogP contribution in [0.5, 0.6) is 0 Å². The molecule has 30 heavy (non-hydrogen) atoms. The molecule has 1 aliphatic rings. The zero-order valence-electron chi connectivity index (χ0n) is 17.3. The van der Waals surface area contributed by atoms with Crippen LogP contribution in [-0.2, 0) is 14.4 Å². The first-order chi connectivity index (χ1) is 14.4. The summed E-state index contributed by atoms with van der Waals surface area (Å²) in [7, 11) is 0. The van der Waals surface area contributed by atoms with Crippen LogP contribution in [0.3, 0.4) is 0 Å². The van der Waals surface area contributed by atoms with Crippen LogP contribution in [-0.4, -0.2) is 42.3 Å². The monoisotopic (exact) mass is 409 g/mol. The molecule has 0 radical (unpaired) electrons. The Morgan fingerprint density at radius 2 is 1.90 bits per heavy atom. The number of carbonyl (C=O) groups excluding carboxylic acids is 3. The normalized spacial score (nSPS) is 14.7. The van der Waals surface area contributed by atoms with E-state index in [-0.39, 0.29) is 11.8 Å². The minimum Gasteiger partial charge on any atom is -0.465 e. The minimum atomic E-state index is -0.667. The van der Waals surface area contributed by atoms with Crippen molar-refractivity contribution in [3.8, 4) is 0 Å². The van der Waals surface area contributed by atoms with Gasteiger partial charge in [0.05, 0.1) is 6.26 Å². The van der Waals surface area contributed by atoms with E-state index >= 15 is 0 Å². The third-order valence-electron chi connectivity index (χ3n) is 5.26. The van der Waals surface area contributed by atoms with Gasteiger partial charge < -0.3 is 20.0 Å². The fourth-order valence-electron chi connectivity index (χ4n) is 3.37. The summed E-state index contributed by atoms with van der Waals surface area (Å²) < 4.78 is 5.18. The van der Waals surface area contributed by atoms with E-state index in [9.17, 15) is 14.4 Å². The minimum absolute atomic E-state index is 0.0539. The highest BCUT2D eigenvalue weighted by atomic mass is 16.3. The van der Waals surface area contributed by atoms with Crippen LogP contribution in [0.2, 0.25) is 0 Å². The van der Waals surface area contributed by atoms with Gasteiger partial charge in [-0.05, 0) is 68.0 Å². The summed E-state index contributed by atoms with van der Waals surface area (Å²) in [6, 6.07) is 9.26. The van der Waals surface area contributed by atoms with Gasteiger partial charge in [-0.1, -0.05) is 12.1 Å². The van der Waals surface area contributed by atoms with Crippen LogP contribution in [0.1, 0.15) is 29.7 Å². The van der Waals surface area contributed by atoms with Gasteiger partial charge in [-0.3, -0.25) is 14.4 Å². The molecule has 158 valence electrons. The Balaban J connectivity index is 1.40. The molecule has 3 rings (SSSR count). The predicted molar refractivity (Wildman–Crippen MR) is 115 cm³/mol. The third kappa shape index (κ3) is 5.83. The number of furan rings is 1. The van der Waals surface area contributed by atoms with Gasteiger partial charge in [0, 0.05) is 31.4 Å². The summed E-state index contributed by atoms with van der Waals surface area (Å²) in [5.41, 5.74) is 2.56. The number of nitrogens with zero attached hydrogens (tertiary/aromatic N) is 1. The zero-order valence-corrected chi connectivity index (χ0v) is 17.3. The van der Waals surface area contributed by atoms with Gasteiger partial charge in [0.25, 0.3) is 0 Å². The molecule has 0 spiro atoms. The van der Waals surface area contributed by atoms with Crippen molar-refractivity contribution in [3.63, 3.8) is 0 Å². The molecule has 2 N–H and O–H groups in total. The van der Waals surface area contributed by atoms with E-state index in [0.717, 1.165) is 24.0 Å². The smallest absolute Gasteiger partial charge is 0.313 e. The molecule has 0 bridgehead atoms. The highest BCUT2D eigenvalue weighted by molar-refractivity contribution is 6.39. The SMILES string of the molecule is Cc1ccc(C)c(NC(=O)C(=O)NCC2CCN(C(=O)C=Cc3ccco3)CC2)c1. The fraction of sp³-hybridized carbons (Fsp3) is 0.348. The van der Waals surface area contributed by atoms with Gasteiger partial charge in [0.1, 0.15) is 5.76 Å². The lowest BCUT2D eigenvalue weighted by atomic mass is 9.96. The average Bonchev–Trinajstić information content (AvgIpc) is 3.27. The first-order valence-electron chi connectivity index (χ1n) is 10.1. The standard InChI is InChI=1S/C23H27N3O4/c1-16-5-6-17(2)20(14-16)25-23(29)22(28)24-15-18-9-11-26(12-10-18)21(27)8-7-19-4-3-13-30-19/h3-8,13-14,18H,9-12,15H2,1-2H3,(H,24,28)(H,25,29). The zero-order chi connectivity index (χ0) is 21.5. The van der Waals surface area contributed by atoms with Crippen LogP contribution in [0, 0.1) is 19.8 Å². The van der Waals surface area contributed by atoms with Crippen molar-refractivity contribution >= 4 is 29.5 Å². The molecule has 0 atom stereocenters. The van der Waals surface area contributed by atoms with Crippen molar-refractivity contribution in [3.05, 3.63) is 59.6 Å². The van der Waals surface area contributed by atoms with E-state index in [1.165, 1.54) is 6.08 Å². The quantitative estimate of drug-likeness (QED) is 0.587. The maximum absolute atomic E-state index is 12.3. The van der Waals surface area contributed by atoms with Gasteiger partial charge in [-0.25, -0.2) is 0 Å². The van der Waals surface area contributed by atoms with E-state index < -0.39 is 11.8 Å². The molecular weight excluding hydrogens is 382 g/mol. The van der Waals surface area contributed by atoms with Crippen molar-refractivity contribution in [2.45, 2.75) is 26.7 Å². The number of carbonyl (C=O) groups is 3. The Morgan fingerprint density at radius 1 is 1.13 bits per heavy atom. The average molecular weight is 409 g/mol. The lowest BCUT2D eigenvalue weighted by Crippen LogP contribution is -2.43. The van der Waals surface area contributed by atoms with E-state index in [4.69, 9.17) is 4.42 Å². The lowest BCUT2D eigenvalue weighted by molar-refractivity contribution is -0.136. The number of hydrogen-bond acceptors (Lipinski definition) is 4. The van der Waals surface area contributed by atoms with Gasteiger partial charge >= 0.3 is 11.8 Å². The van der Waals surface area contributed by atoms with E-state index in [2.05, 4.69) is 10.6 Å². The van der Waals surface area contributed by atoms with Gasteiger partial charge in [0.15, 0.2) is 0 Å². The Kier molecular flexibility index (Phi) is 7.06. The number of aryl methyl sites for hydroxylation is 2. The summed E-state index contributed by atoms with van der Waals surface area (Å²) in [6.07, 6.45) is 6.28. The van der Waals surface area contributed by atoms with Crippen molar-refractivity contribution in [2.75, 3.05) is 25.0 Å². The summed E-state index contributed by atoms with van der Waals surface area (Å²) in [4.78, 5) is 38.4. The van der Waals surface area contributed by atoms with Crippen LogP contribution in [0.25, 0.3) is 6.08 Å². The Labute approximate surface area is 176 Å². The number of likely N-dealkylation sites (tertiary alicyclic amines) is 1. The van der Waals surface area contributed by atoms with E-state index in [1.54, 1.807) is 29.4 Å². The Morgan fingerprint density at radius 3 is 2.60 bits per heavy atom. The first-order valence-corrected chi connectivity index (χ1v) is 10.1. The predicted octanol–water partition coefficient (Wildman–Crippen LogP) is 2.90. The Hall–Kier alpha value is -3.35. The first kappa shape index (κ1) is 21.4. The topological polar surface area (TPSA) is 91.7 Å². The maximum atomic E-state index is 12.3. The molecule has 3 amide bonds. The highest BCUT2D eigenvalue weighted by Crippen LogP contribution is 2.18. The number of anilines is 1. The molecule has 7 nitrogen and oxygen atoms in total. The summed E-state index contributed by atoms with van der Waals surface area (Å²) in [5.74, 6) is -0.488. The molecule has 1 aromatic carbocycles. The van der Waals surface area contributed by atoms with Crippen LogP contribution in [0.15, 0.2) is 47.1 Å². The number of rotatable bonds is 5. The van der Waals surface area contributed by atoms with Crippen molar-refractivity contribution < 1.29 is 18.8 Å². The highest BCUT2D eigenvalue weighted by Gasteiger charge is 2.23. The molecule has 1 aliphatic heterocycles. The van der Waals surface area contributed by atoms with E-state index in [1.807, 2.05) is 32.0 Å². The van der Waals surface area contributed by atoms with Crippen LogP contribution in [0.4, 0.5) is 5.69 Å². The third-order valence-corrected chi connectivity index (χ3v) is 5.26. The van der Waals surface area contributed by atoms with Gasteiger partial charge in [0.2, 0.25) is 5.91 Å². The molecule has 0 unspecified atom stereocenters. The van der Waals surface area contributed by atoms with Gasteiger partial charge in [-0.15, -0.1) is 0 Å². The number of amides is 3. The summed E-state index contributed by atoms with van der Waals surface area (Å²) in [6.45, 7) is 5.47. The summed E-state index contributed by atoms with van der Waals surface area (Å²) >= 11 is 0. The number of benzene rings is 1. The summed E-state index contributed by atoms with van der Waals surface area (Å²) in [5, 5.41) is 5.38. The van der Waals surface area contributed by atoms with Crippen LogP contribution >= 0.6 is 0 Å². The van der Waals surface area contributed by atoms with Crippen molar-refractivity contribution in [1.29, 1.82) is 0 Å². The van der Waals surface area contributed by atoms with Crippen LogP contribution < -0.4 is 10.6 Å². The molecule has 0 saturated carbocycles. The molecule has 2 aromatic rings. The van der Waals surface area contributed by atoms with E-state index in [0.29, 0.717) is 31.1 Å². The second kappa shape index (κ2) is 9.91. The largest absolute Gasteiger partial charge is 0.465 e. The Bertz CT molecular complexity index is 926. The lowest BCUT2D eigenvalue weighted by Gasteiger charge is -2.31. The maximum Gasteiger partial charge on any atom is 0.313 e. The molecule has 0 aliphatic carbocycles.